The maximum Gasteiger partial charge on any atom is 0.317 e. The Bertz CT molecular complexity index is 592. The number of aromatic nitrogens is 1. The van der Waals surface area contributed by atoms with Gasteiger partial charge in [0.25, 0.3) is 0 Å². The molecule has 24 heavy (non-hydrogen) atoms. The van der Waals surface area contributed by atoms with E-state index in [-0.39, 0.29) is 23.9 Å². The van der Waals surface area contributed by atoms with Crippen molar-refractivity contribution >= 4 is 17.8 Å². The molecule has 0 unspecified atom stereocenters. The summed E-state index contributed by atoms with van der Waals surface area (Å²) >= 11 is 0. The number of nitrogens with zero attached hydrogens (tertiary/aromatic N) is 3. The fourth-order valence-electron chi connectivity index (χ4n) is 3.22. The predicted octanol–water partition coefficient (Wildman–Crippen LogP) is 1.23. The molecule has 0 radical (unpaired) electrons. The molecule has 0 atom stereocenters. The second kappa shape index (κ2) is 7.21. The number of nitrogens with one attached hydrogen (secondary N) is 2. The fraction of sp³-hybridized carbons (Fsp3) is 0.688. The van der Waals surface area contributed by atoms with Crippen LogP contribution in [0.5, 0.6) is 0 Å². The molecule has 1 aromatic heterocycles. The number of hydrogen-bond acceptors (Lipinski definition) is 5. The Balaban J connectivity index is 1.43. The molecule has 0 aromatic carbocycles. The van der Waals surface area contributed by atoms with Crippen molar-refractivity contribution in [3.8, 4) is 0 Å². The number of hydrogen-bond donors (Lipinski definition) is 2. The summed E-state index contributed by atoms with van der Waals surface area (Å²) in [4.78, 5) is 27.9. The minimum Gasteiger partial charge on any atom is -0.338 e. The summed E-state index contributed by atoms with van der Waals surface area (Å²) in [7, 11) is 0. The van der Waals surface area contributed by atoms with E-state index in [1.165, 1.54) is 0 Å². The molecule has 3 heterocycles. The smallest absolute Gasteiger partial charge is 0.317 e. The number of carbonyl (C=O) groups excluding carboxylic acids is 2. The van der Waals surface area contributed by atoms with Crippen LogP contribution in [0.2, 0.25) is 0 Å². The van der Waals surface area contributed by atoms with Gasteiger partial charge in [-0.1, -0.05) is 19.0 Å². The second-order valence-corrected chi connectivity index (χ2v) is 6.75. The average Bonchev–Trinajstić information content (AvgIpc) is 3.17. The minimum atomic E-state index is -0.0983. The van der Waals surface area contributed by atoms with Gasteiger partial charge in [0.05, 0.1) is 12.2 Å². The standard InChI is InChI=1S/C16H25N5O3/c1-11(2)13-9-15(24-19-13)18-14(22)10-20-6-3-12(4-7-20)21-8-5-17-16(21)23/h9,11-12H,3-8,10H2,1-2H3,(H,17,23)(H,18,22). The van der Waals surface area contributed by atoms with Crippen molar-refractivity contribution in [2.24, 2.45) is 0 Å². The van der Waals surface area contributed by atoms with Crippen molar-refractivity contribution in [3.05, 3.63) is 11.8 Å². The first-order valence-corrected chi connectivity index (χ1v) is 8.56. The zero-order valence-electron chi connectivity index (χ0n) is 14.2. The van der Waals surface area contributed by atoms with E-state index in [2.05, 4.69) is 20.7 Å². The highest BCUT2D eigenvalue weighted by atomic mass is 16.5. The molecular formula is C16H25N5O3. The Morgan fingerprint density at radius 1 is 1.42 bits per heavy atom. The quantitative estimate of drug-likeness (QED) is 0.844. The zero-order chi connectivity index (χ0) is 17.1. The van der Waals surface area contributed by atoms with Crippen LogP contribution in [0.15, 0.2) is 10.6 Å². The number of likely N-dealkylation sites (tertiary alicyclic amines) is 1. The molecule has 2 fully saturated rings. The van der Waals surface area contributed by atoms with Gasteiger partial charge >= 0.3 is 6.03 Å². The zero-order valence-corrected chi connectivity index (χ0v) is 14.2. The van der Waals surface area contributed by atoms with Crippen molar-refractivity contribution in [1.29, 1.82) is 0 Å². The lowest BCUT2D eigenvalue weighted by molar-refractivity contribution is -0.117. The van der Waals surface area contributed by atoms with E-state index in [1.807, 2.05) is 18.7 Å². The summed E-state index contributed by atoms with van der Waals surface area (Å²) in [6, 6.07) is 2.09. The number of amides is 3. The summed E-state index contributed by atoms with van der Waals surface area (Å²) in [6.07, 6.45) is 1.81. The van der Waals surface area contributed by atoms with Gasteiger partial charge in [-0.3, -0.25) is 15.0 Å². The van der Waals surface area contributed by atoms with Gasteiger partial charge < -0.3 is 14.7 Å². The van der Waals surface area contributed by atoms with Crippen molar-refractivity contribution in [2.45, 2.75) is 38.6 Å². The first kappa shape index (κ1) is 16.8. The van der Waals surface area contributed by atoms with E-state index in [1.54, 1.807) is 6.07 Å². The molecule has 132 valence electrons. The molecule has 3 rings (SSSR count). The highest BCUT2D eigenvalue weighted by molar-refractivity contribution is 5.91. The fourth-order valence-corrected chi connectivity index (χ4v) is 3.22. The molecule has 1 aromatic rings. The van der Waals surface area contributed by atoms with Gasteiger partial charge in [-0.15, -0.1) is 0 Å². The first-order chi connectivity index (χ1) is 11.5. The van der Waals surface area contributed by atoms with Gasteiger partial charge in [-0.05, 0) is 18.8 Å². The lowest BCUT2D eigenvalue weighted by atomic mass is 10.0. The number of rotatable bonds is 5. The molecule has 8 heteroatoms. The Hall–Kier alpha value is -2.09. The molecule has 0 aliphatic carbocycles. The number of urea groups is 1. The van der Waals surface area contributed by atoms with Gasteiger partial charge in [0, 0.05) is 38.3 Å². The van der Waals surface area contributed by atoms with Gasteiger partial charge in [0.1, 0.15) is 0 Å². The second-order valence-electron chi connectivity index (χ2n) is 6.75. The van der Waals surface area contributed by atoms with E-state index in [0.29, 0.717) is 12.4 Å². The third-order valence-electron chi connectivity index (χ3n) is 4.64. The first-order valence-electron chi connectivity index (χ1n) is 8.56. The molecule has 2 N–H and O–H groups in total. The topological polar surface area (TPSA) is 90.7 Å². The van der Waals surface area contributed by atoms with Crippen LogP contribution in [0.3, 0.4) is 0 Å². The summed E-state index contributed by atoms with van der Waals surface area (Å²) in [6.45, 7) is 7.52. The molecular weight excluding hydrogens is 310 g/mol. The maximum absolute atomic E-state index is 12.1. The van der Waals surface area contributed by atoms with Crippen molar-refractivity contribution < 1.29 is 14.1 Å². The minimum absolute atomic E-state index is 0.0393. The number of anilines is 1. The van der Waals surface area contributed by atoms with Crippen LogP contribution in [-0.2, 0) is 4.79 Å². The lowest BCUT2D eigenvalue weighted by Gasteiger charge is -2.35. The highest BCUT2D eigenvalue weighted by Gasteiger charge is 2.31. The molecule has 0 bridgehead atoms. The van der Waals surface area contributed by atoms with Crippen LogP contribution in [-0.4, -0.2) is 65.7 Å². The van der Waals surface area contributed by atoms with Crippen LogP contribution in [0.4, 0.5) is 10.7 Å². The Labute approximate surface area is 141 Å². The van der Waals surface area contributed by atoms with E-state index in [9.17, 15) is 9.59 Å². The van der Waals surface area contributed by atoms with E-state index >= 15 is 0 Å². The molecule has 2 aliphatic rings. The highest BCUT2D eigenvalue weighted by Crippen LogP contribution is 2.19. The van der Waals surface area contributed by atoms with Crippen LogP contribution in [0, 0.1) is 0 Å². The molecule has 2 saturated heterocycles. The third kappa shape index (κ3) is 3.87. The van der Waals surface area contributed by atoms with E-state index in [0.717, 1.165) is 44.7 Å². The normalized spacial score (nSPS) is 19.8. The van der Waals surface area contributed by atoms with Crippen LogP contribution < -0.4 is 10.6 Å². The van der Waals surface area contributed by atoms with Gasteiger partial charge in [0.2, 0.25) is 11.8 Å². The van der Waals surface area contributed by atoms with E-state index in [4.69, 9.17) is 4.52 Å². The van der Waals surface area contributed by atoms with Crippen molar-refractivity contribution in [2.75, 3.05) is 38.0 Å². The molecule has 0 spiro atoms. The van der Waals surface area contributed by atoms with Crippen LogP contribution in [0.25, 0.3) is 0 Å². The molecule has 0 saturated carbocycles. The Morgan fingerprint density at radius 3 is 2.75 bits per heavy atom. The predicted molar refractivity (Wildman–Crippen MR) is 88.8 cm³/mol. The number of carbonyl (C=O) groups is 2. The SMILES string of the molecule is CC(C)c1cc(NC(=O)CN2CCC(N3CCNC3=O)CC2)on1. The van der Waals surface area contributed by atoms with Crippen molar-refractivity contribution in [3.63, 3.8) is 0 Å². The summed E-state index contributed by atoms with van der Waals surface area (Å²) in [5.74, 6) is 0.562. The van der Waals surface area contributed by atoms with Gasteiger partial charge in [0.15, 0.2) is 0 Å². The van der Waals surface area contributed by atoms with Gasteiger partial charge in [-0.25, -0.2) is 4.79 Å². The Kier molecular flexibility index (Phi) is 5.03. The molecule has 2 aliphatic heterocycles. The third-order valence-corrected chi connectivity index (χ3v) is 4.64. The summed E-state index contributed by atoms with van der Waals surface area (Å²) < 4.78 is 5.13. The molecule has 8 nitrogen and oxygen atoms in total. The molecule has 3 amide bonds. The summed E-state index contributed by atoms with van der Waals surface area (Å²) in [5.41, 5.74) is 0.829. The van der Waals surface area contributed by atoms with Crippen LogP contribution in [0.1, 0.15) is 38.3 Å². The summed E-state index contributed by atoms with van der Waals surface area (Å²) in [5, 5.41) is 9.52. The van der Waals surface area contributed by atoms with Gasteiger partial charge in [-0.2, -0.15) is 0 Å². The van der Waals surface area contributed by atoms with Crippen molar-refractivity contribution in [1.82, 2.24) is 20.3 Å². The largest absolute Gasteiger partial charge is 0.338 e. The Morgan fingerprint density at radius 2 is 2.17 bits per heavy atom. The van der Waals surface area contributed by atoms with Crippen LogP contribution >= 0.6 is 0 Å². The maximum atomic E-state index is 12.1. The lowest BCUT2D eigenvalue weighted by Crippen LogP contribution is -2.47. The van der Waals surface area contributed by atoms with E-state index < -0.39 is 0 Å². The average molecular weight is 335 g/mol. The number of piperidine rings is 1. The monoisotopic (exact) mass is 335 g/mol.